The first-order valence-corrected chi connectivity index (χ1v) is 5.78. The van der Waals surface area contributed by atoms with Gasteiger partial charge >= 0.3 is 0 Å². The summed E-state index contributed by atoms with van der Waals surface area (Å²) in [7, 11) is 1.60. The van der Waals surface area contributed by atoms with Crippen molar-refractivity contribution in [1.29, 1.82) is 0 Å². The normalized spacial score (nSPS) is 12.2. The van der Waals surface area contributed by atoms with Crippen LogP contribution < -0.4 is 10.5 Å². The maximum Gasteiger partial charge on any atom is 0.126 e. The first kappa shape index (κ1) is 12.6. The molecule has 0 spiro atoms. The molecule has 1 unspecified atom stereocenters. The van der Waals surface area contributed by atoms with Crippen LogP contribution in [0.5, 0.6) is 5.75 Å². The fraction of sp³-hybridized carbons (Fsp3) is 0.200. The van der Waals surface area contributed by atoms with Gasteiger partial charge in [-0.3, -0.25) is 0 Å². The van der Waals surface area contributed by atoms with Gasteiger partial charge in [-0.25, -0.2) is 4.39 Å². The molecule has 1 atom stereocenters. The number of halogens is 1. The van der Waals surface area contributed by atoms with Crippen LogP contribution in [0, 0.1) is 12.7 Å². The number of hydrogen-bond acceptors (Lipinski definition) is 2. The van der Waals surface area contributed by atoms with Crippen molar-refractivity contribution in [1.82, 2.24) is 0 Å². The number of para-hydroxylation sites is 1. The Bertz CT molecular complexity index is 554. The van der Waals surface area contributed by atoms with Crippen molar-refractivity contribution >= 4 is 0 Å². The number of ether oxygens (including phenoxy) is 1. The van der Waals surface area contributed by atoms with Crippen molar-refractivity contribution < 1.29 is 9.13 Å². The quantitative estimate of drug-likeness (QED) is 0.901. The lowest BCUT2D eigenvalue weighted by Crippen LogP contribution is -2.13. The first-order valence-electron chi connectivity index (χ1n) is 5.78. The van der Waals surface area contributed by atoms with Crippen LogP contribution in [0.15, 0.2) is 42.5 Å². The molecule has 0 aromatic heterocycles. The molecule has 2 nitrogen and oxygen atoms in total. The van der Waals surface area contributed by atoms with Crippen LogP contribution in [-0.4, -0.2) is 7.11 Å². The average Bonchev–Trinajstić information content (AvgIpc) is 2.41. The van der Waals surface area contributed by atoms with Crippen LogP contribution in [0.1, 0.15) is 22.7 Å². The van der Waals surface area contributed by atoms with E-state index in [0.717, 1.165) is 11.1 Å². The Labute approximate surface area is 106 Å². The van der Waals surface area contributed by atoms with Gasteiger partial charge in [-0.15, -0.1) is 0 Å². The summed E-state index contributed by atoms with van der Waals surface area (Å²) >= 11 is 0. The van der Waals surface area contributed by atoms with Gasteiger partial charge in [0.15, 0.2) is 0 Å². The molecule has 0 aliphatic rings. The average molecular weight is 245 g/mol. The molecule has 0 radical (unpaired) electrons. The molecule has 0 heterocycles. The molecule has 2 rings (SSSR count). The standard InChI is InChI=1S/C15H16FNO/c1-10-7-8-11(9-13(10)16)15(17)12-5-3-4-6-14(12)18-2/h3-9,15H,17H2,1-2H3. The summed E-state index contributed by atoms with van der Waals surface area (Å²) in [6.07, 6.45) is 0. The van der Waals surface area contributed by atoms with Gasteiger partial charge in [0.1, 0.15) is 11.6 Å². The SMILES string of the molecule is COc1ccccc1C(N)c1ccc(C)c(F)c1. The van der Waals surface area contributed by atoms with Crippen molar-refractivity contribution in [3.8, 4) is 5.75 Å². The maximum atomic E-state index is 13.6. The van der Waals surface area contributed by atoms with Gasteiger partial charge in [-0.05, 0) is 30.2 Å². The third kappa shape index (κ3) is 2.36. The van der Waals surface area contributed by atoms with Gasteiger partial charge in [0.2, 0.25) is 0 Å². The van der Waals surface area contributed by atoms with Gasteiger partial charge < -0.3 is 10.5 Å². The van der Waals surface area contributed by atoms with Crippen LogP contribution in [0.4, 0.5) is 4.39 Å². The molecule has 3 heteroatoms. The topological polar surface area (TPSA) is 35.2 Å². The molecule has 94 valence electrons. The third-order valence-corrected chi connectivity index (χ3v) is 3.03. The minimum atomic E-state index is -0.392. The van der Waals surface area contributed by atoms with Gasteiger partial charge in [-0.1, -0.05) is 30.3 Å². The van der Waals surface area contributed by atoms with Gasteiger partial charge in [0.25, 0.3) is 0 Å². The van der Waals surface area contributed by atoms with E-state index in [-0.39, 0.29) is 5.82 Å². The zero-order valence-electron chi connectivity index (χ0n) is 10.5. The van der Waals surface area contributed by atoms with E-state index in [4.69, 9.17) is 10.5 Å². The van der Waals surface area contributed by atoms with Crippen LogP contribution in [0.25, 0.3) is 0 Å². The molecular weight excluding hydrogens is 229 g/mol. The third-order valence-electron chi connectivity index (χ3n) is 3.03. The molecule has 0 fully saturated rings. The van der Waals surface area contributed by atoms with Crippen molar-refractivity contribution in [3.05, 3.63) is 65.0 Å². The highest BCUT2D eigenvalue weighted by Crippen LogP contribution is 2.28. The molecule has 0 saturated heterocycles. The second kappa shape index (κ2) is 5.19. The lowest BCUT2D eigenvalue weighted by atomic mass is 9.98. The Kier molecular flexibility index (Phi) is 3.63. The second-order valence-corrected chi connectivity index (χ2v) is 4.23. The minimum absolute atomic E-state index is 0.238. The van der Waals surface area contributed by atoms with Crippen molar-refractivity contribution in [2.45, 2.75) is 13.0 Å². The van der Waals surface area contributed by atoms with E-state index in [9.17, 15) is 4.39 Å². The molecule has 2 aromatic rings. The van der Waals surface area contributed by atoms with E-state index in [1.807, 2.05) is 30.3 Å². The Hall–Kier alpha value is -1.87. The Morgan fingerprint density at radius 2 is 1.89 bits per heavy atom. The largest absolute Gasteiger partial charge is 0.496 e. The lowest BCUT2D eigenvalue weighted by molar-refractivity contribution is 0.408. The van der Waals surface area contributed by atoms with Gasteiger partial charge in [0.05, 0.1) is 13.2 Å². The highest BCUT2D eigenvalue weighted by molar-refractivity contribution is 5.41. The fourth-order valence-corrected chi connectivity index (χ4v) is 1.91. The highest BCUT2D eigenvalue weighted by Gasteiger charge is 2.14. The van der Waals surface area contributed by atoms with Crippen LogP contribution in [0.3, 0.4) is 0 Å². The molecule has 0 saturated carbocycles. The number of methoxy groups -OCH3 is 1. The van der Waals surface area contributed by atoms with Crippen molar-refractivity contribution in [2.24, 2.45) is 5.73 Å². The Morgan fingerprint density at radius 3 is 2.56 bits per heavy atom. The first-order chi connectivity index (χ1) is 8.63. The zero-order chi connectivity index (χ0) is 13.1. The summed E-state index contributed by atoms with van der Waals surface area (Å²) in [5, 5.41) is 0. The van der Waals surface area contributed by atoms with E-state index in [1.54, 1.807) is 20.1 Å². The summed E-state index contributed by atoms with van der Waals surface area (Å²) in [5.41, 5.74) is 8.37. The van der Waals surface area contributed by atoms with E-state index in [1.165, 1.54) is 6.07 Å². The van der Waals surface area contributed by atoms with Crippen molar-refractivity contribution in [3.63, 3.8) is 0 Å². The summed E-state index contributed by atoms with van der Waals surface area (Å²) in [6, 6.07) is 12.2. The predicted molar refractivity (Wildman–Crippen MR) is 70.2 cm³/mol. The summed E-state index contributed by atoms with van der Waals surface area (Å²) < 4.78 is 18.8. The molecule has 0 aliphatic carbocycles. The van der Waals surface area contributed by atoms with E-state index in [2.05, 4.69) is 0 Å². The van der Waals surface area contributed by atoms with Crippen LogP contribution in [-0.2, 0) is 0 Å². The van der Waals surface area contributed by atoms with Crippen LogP contribution >= 0.6 is 0 Å². The molecule has 0 bridgehead atoms. The highest BCUT2D eigenvalue weighted by atomic mass is 19.1. The van der Waals surface area contributed by atoms with Crippen molar-refractivity contribution in [2.75, 3.05) is 7.11 Å². The van der Waals surface area contributed by atoms with E-state index >= 15 is 0 Å². The van der Waals surface area contributed by atoms with Gasteiger partial charge in [0, 0.05) is 5.56 Å². The molecule has 0 aliphatic heterocycles. The number of benzene rings is 2. The zero-order valence-corrected chi connectivity index (χ0v) is 10.5. The summed E-state index contributed by atoms with van der Waals surface area (Å²) in [4.78, 5) is 0. The molecule has 2 aromatic carbocycles. The number of nitrogens with two attached hydrogens (primary N) is 1. The Morgan fingerprint density at radius 1 is 1.17 bits per heavy atom. The summed E-state index contributed by atoms with van der Waals surface area (Å²) in [6.45, 7) is 1.73. The van der Waals surface area contributed by atoms with E-state index in [0.29, 0.717) is 11.3 Å². The van der Waals surface area contributed by atoms with Gasteiger partial charge in [-0.2, -0.15) is 0 Å². The number of aryl methyl sites for hydroxylation is 1. The lowest BCUT2D eigenvalue weighted by Gasteiger charge is -2.16. The maximum absolute atomic E-state index is 13.6. The van der Waals surface area contributed by atoms with Crippen LogP contribution in [0.2, 0.25) is 0 Å². The fourth-order valence-electron chi connectivity index (χ4n) is 1.91. The molecule has 2 N–H and O–H groups in total. The Balaban J connectivity index is 2.41. The number of rotatable bonds is 3. The second-order valence-electron chi connectivity index (χ2n) is 4.23. The monoisotopic (exact) mass is 245 g/mol. The molecule has 18 heavy (non-hydrogen) atoms. The number of hydrogen-bond donors (Lipinski definition) is 1. The smallest absolute Gasteiger partial charge is 0.126 e. The molecule has 0 amide bonds. The van der Waals surface area contributed by atoms with E-state index < -0.39 is 6.04 Å². The minimum Gasteiger partial charge on any atom is -0.496 e. The summed E-state index contributed by atoms with van der Waals surface area (Å²) in [5.74, 6) is 0.476. The predicted octanol–water partition coefficient (Wildman–Crippen LogP) is 3.19. The molecular formula is C15H16FNO.